The van der Waals surface area contributed by atoms with E-state index < -0.39 is 0 Å². The molecule has 4 aliphatic rings. The van der Waals surface area contributed by atoms with Crippen molar-refractivity contribution >= 4 is 0 Å². The standard InChI is InChI=1S/C51H59N3/c1-5-15-36(16-6-1)44-29-45(37-17-7-2-8-18-37)32-48(31-44)40-23-13-25-42(27-40)50-52-35-53-51(54-50)43-26-14-24-41(28-43)49-33-46(38-19-9-3-10-20-38)30-47(34-49)39-21-11-4-12-22-39/h13-14,23-39H,1-12,15-22H2. The van der Waals surface area contributed by atoms with Gasteiger partial charge in [-0.1, -0.05) is 150 Å². The summed E-state index contributed by atoms with van der Waals surface area (Å²) in [5.41, 5.74) is 13.6. The van der Waals surface area contributed by atoms with Gasteiger partial charge in [0.1, 0.15) is 6.33 Å². The number of rotatable bonds is 8. The number of hydrogen-bond donors (Lipinski definition) is 0. The number of aromatic nitrogens is 3. The van der Waals surface area contributed by atoms with Crippen LogP contribution in [0.5, 0.6) is 0 Å². The first-order valence-electron chi connectivity index (χ1n) is 21.9. The lowest BCUT2D eigenvalue weighted by Crippen LogP contribution is -2.08. The van der Waals surface area contributed by atoms with Crippen molar-refractivity contribution < 1.29 is 0 Å². The molecule has 0 saturated heterocycles. The fraction of sp³-hybridized carbons (Fsp3) is 0.471. The Morgan fingerprint density at radius 3 is 0.963 bits per heavy atom. The molecule has 0 spiro atoms. The van der Waals surface area contributed by atoms with Crippen molar-refractivity contribution in [2.24, 2.45) is 0 Å². The molecule has 0 amide bonds. The first kappa shape index (κ1) is 35.6. The van der Waals surface area contributed by atoms with Gasteiger partial charge in [0, 0.05) is 11.1 Å². The fourth-order valence-electron chi connectivity index (χ4n) is 10.6. The number of benzene rings is 4. The van der Waals surface area contributed by atoms with Gasteiger partial charge in [-0.3, -0.25) is 0 Å². The van der Waals surface area contributed by atoms with E-state index in [1.165, 1.54) is 151 Å². The molecular formula is C51H59N3. The second-order valence-corrected chi connectivity index (χ2v) is 17.4. The predicted octanol–water partition coefficient (Wildman–Crippen LogP) is 14.7. The molecule has 278 valence electrons. The molecule has 1 heterocycles. The van der Waals surface area contributed by atoms with Crippen LogP contribution in [0.1, 0.15) is 174 Å². The van der Waals surface area contributed by atoms with Crippen molar-refractivity contribution in [1.29, 1.82) is 0 Å². The highest BCUT2D eigenvalue weighted by Crippen LogP contribution is 2.42. The summed E-state index contributed by atoms with van der Waals surface area (Å²) in [5, 5.41) is 0. The summed E-state index contributed by atoms with van der Waals surface area (Å²) in [6.45, 7) is 0. The largest absolute Gasteiger partial charge is 0.217 e. The van der Waals surface area contributed by atoms with Crippen molar-refractivity contribution in [3.63, 3.8) is 0 Å². The Balaban J connectivity index is 1.03. The second kappa shape index (κ2) is 16.7. The van der Waals surface area contributed by atoms with Crippen LogP contribution in [-0.2, 0) is 0 Å². The number of hydrogen-bond acceptors (Lipinski definition) is 3. The smallest absolute Gasteiger partial charge is 0.163 e. The third-order valence-electron chi connectivity index (χ3n) is 13.7. The minimum absolute atomic E-state index is 0.694. The molecule has 0 radical (unpaired) electrons. The van der Waals surface area contributed by atoms with E-state index >= 15 is 0 Å². The van der Waals surface area contributed by atoms with Gasteiger partial charge in [-0.05, 0) is 132 Å². The lowest BCUT2D eigenvalue weighted by molar-refractivity contribution is 0.435. The van der Waals surface area contributed by atoms with Crippen molar-refractivity contribution in [1.82, 2.24) is 15.0 Å². The van der Waals surface area contributed by atoms with Gasteiger partial charge in [0.05, 0.1) is 0 Å². The van der Waals surface area contributed by atoms with Crippen LogP contribution in [0.25, 0.3) is 45.0 Å². The Morgan fingerprint density at radius 1 is 0.315 bits per heavy atom. The van der Waals surface area contributed by atoms with Crippen LogP contribution in [0.4, 0.5) is 0 Å². The molecule has 4 aliphatic carbocycles. The molecule has 0 N–H and O–H groups in total. The first-order chi connectivity index (χ1) is 26.7. The van der Waals surface area contributed by atoms with E-state index in [1.807, 2.05) is 0 Å². The second-order valence-electron chi connectivity index (χ2n) is 17.4. The Hall–Kier alpha value is -4.11. The third kappa shape index (κ3) is 8.12. The zero-order valence-corrected chi connectivity index (χ0v) is 32.5. The molecule has 0 bridgehead atoms. The highest BCUT2D eigenvalue weighted by Gasteiger charge is 2.23. The number of nitrogens with zero attached hydrogens (tertiary/aromatic N) is 3. The third-order valence-corrected chi connectivity index (χ3v) is 13.7. The van der Waals surface area contributed by atoms with Crippen LogP contribution in [-0.4, -0.2) is 15.0 Å². The highest BCUT2D eigenvalue weighted by molar-refractivity contribution is 5.74. The molecule has 5 aromatic rings. The fourth-order valence-corrected chi connectivity index (χ4v) is 10.6. The van der Waals surface area contributed by atoms with Crippen molar-refractivity contribution in [2.75, 3.05) is 0 Å². The molecule has 0 unspecified atom stereocenters. The monoisotopic (exact) mass is 713 g/mol. The molecule has 1 aromatic heterocycles. The van der Waals surface area contributed by atoms with Crippen LogP contribution < -0.4 is 0 Å². The molecule has 4 saturated carbocycles. The Bertz CT molecular complexity index is 1810. The Kier molecular flexibility index (Phi) is 11.0. The molecule has 0 aliphatic heterocycles. The average molecular weight is 714 g/mol. The topological polar surface area (TPSA) is 38.7 Å². The molecule has 0 atom stereocenters. The van der Waals surface area contributed by atoms with E-state index in [-0.39, 0.29) is 0 Å². The summed E-state index contributed by atoms with van der Waals surface area (Å²) in [6, 6.07) is 33.1. The molecule has 9 rings (SSSR count). The van der Waals surface area contributed by atoms with Crippen LogP contribution in [0.3, 0.4) is 0 Å². The van der Waals surface area contributed by atoms with E-state index in [0.717, 1.165) is 22.8 Å². The lowest BCUT2D eigenvalue weighted by Gasteiger charge is -2.27. The van der Waals surface area contributed by atoms with E-state index in [9.17, 15) is 0 Å². The van der Waals surface area contributed by atoms with Gasteiger partial charge in [0.2, 0.25) is 0 Å². The van der Waals surface area contributed by atoms with E-state index in [0.29, 0.717) is 23.7 Å². The van der Waals surface area contributed by atoms with Crippen LogP contribution in [0.2, 0.25) is 0 Å². The summed E-state index contributed by atoms with van der Waals surface area (Å²) >= 11 is 0. The molecule has 54 heavy (non-hydrogen) atoms. The van der Waals surface area contributed by atoms with Crippen LogP contribution in [0, 0.1) is 0 Å². The van der Waals surface area contributed by atoms with Crippen molar-refractivity contribution in [3.8, 4) is 45.0 Å². The first-order valence-corrected chi connectivity index (χ1v) is 21.9. The summed E-state index contributed by atoms with van der Waals surface area (Å²) in [6.07, 6.45) is 28.8. The average Bonchev–Trinajstić information content (AvgIpc) is 3.27. The summed E-state index contributed by atoms with van der Waals surface area (Å²) < 4.78 is 0. The summed E-state index contributed by atoms with van der Waals surface area (Å²) in [5.74, 6) is 4.25. The van der Waals surface area contributed by atoms with Crippen LogP contribution >= 0.6 is 0 Å². The molecule has 3 heteroatoms. The molecule has 3 nitrogen and oxygen atoms in total. The summed E-state index contributed by atoms with van der Waals surface area (Å²) in [4.78, 5) is 14.6. The van der Waals surface area contributed by atoms with Gasteiger partial charge in [0.15, 0.2) is 11.6 Å². The summed E-state index contributed by atoms with van der Waals surface area (Å²) in [7, 11) is 0. The maximum absolute atomic E-state index is 5.12. The quantitative estimate of drug-likeness (QED) is 0.161. The maximum Gasteiger partial charge on any atom is 0.163 e. The van der Waals surface area contributed by atoms with Gasteiger partial charge >= 0.3 is 0 Å². The zero-order chi connectivity index (χ0) is 36.1. The minimum atomic E-state index is 0.694. The Labute approximate surface area is 324 Å². The van der Waals surface area contributed by atoms with E-state index in [4.69, 9.17) is 15.0 Å². The van der Waals surface area contributed by atoms with Crippen molar-refractivity contribution in [3.05, 3.63) is 114 Å². The van der Waals surface area contributed by atoms with Crippen molar-refractivity contribution in [2.45, 2.75) is 152 Å². The van der Waals surface area contributed by atoms with E-state index in [2.05, 4.69) is 84.9 Å². The minimum Gasteiger partial charge on any atom is -0.217 e. The maximum atomic E-state index is 5.12. The molecular weight excluding hydrogens is 655 g/mol. The van der Waals surface area contributed by atoms with E-state index in [1.54, 1.807) is 28.6 Å². The molecule has 4 fully saturated rings. The van der Waals surface area contributed by atoms with Gasteiger partial charge in [0.25, 0.3) is 0 Å². The highest BCUT2D eigenvalue weighted by atomic mass is 15.0. The van der Waals surface area contributed by atoms with Gasteiger partial charge in [-0.2, -0.15) is 0 Å². The Morgan fingerprint density at radius 2 is 0.630 bits per heavy atom. The van der Waals surface area contributed by atoms with Gasteiger partial charge in [-0.15, -0.1) is 0 Å². The molecule has 4 aromatic carbocycles. The normalized spacial score (nSPS) is 19.6. The SMILES string of the molecule is c1cc(-c2cc(C3CCCCC3)cc(C3CCCCC3)c2)cc(-c2ncnc(-c3cccc(-c4cc(C5CCCCC5)cc(C5CCCCC5)c4)c3)n2)c1. The lowest BCUT2D eigenvalue weighted by atomic mass is 9.78. The predicted molar refractivity (Wildman–Crippen MR) is 225 cm³/mol. The van der Waals surface area contributed by atoms with Gasteiger partial charge < -0.3 is 0 Å². The van der Waals surface area contributed by atoms with Crippen LogP contribution in [0.15, 0.2) is 91.3 Å². The van der Waals surface area contributed by atoms with Gasteiger partial charge in [-0.25, -0.2) is 15.0 Å². The zero-order valence-electron chi connectivity index (χ0n) is 32.5.